The number of aromatic nitrogens is 2. The molecule has 6 heteroatoms. The van der Waals surface area contributed by atoms with Crippen LogP contribution in [-0.4, -0.2) is 27.1 Å². The van der Waals surface area contributed by atoms with E-state index in [1.165, 1.54) is 0 Å². The predicted octanol–water partition coefficient (Wildman–Crippen LogP) is 0.866. The molecule has 20 heavy (non-hydrogen) atoms. The van der Waals surface area contributed by atoms with Gasteiger partial charge in [0.05, 0.1) is 11.3 Å². The van der Waals surface area contributed by atoms with E-state index in [0.29, 0.717) is 11.3 Å². The summed E-state index contributed by atoms with van der Waals surface area (Å²) in [4.78, 5) is 23.6. The first kappa shape index (κ1) is 13.8. The number of rotatable bonds is 4. The van der Waals surface area contributed by atoms with E-state index in [4.69, 9.17) is 5.73 Å². The Labute approximate surface area is 116 Å². The van der Waals surface area contributed by atoms with Gasteiger partial charge in [-0.15, -0.1) is 0 Å². The van der Waals surface area contributed by atoms with E-state index in [2.05, 4.69) is 10.4 Å². The zero-order valence-corrected chi connectivity index (χ0v) is 11.3. The Morgan fingerprint density at radius 3 is 2.55 bits per heavy atom. The van der Waals surface area contributed by atoms with Crippen molar-refractivity contribution in [1.29, 1.82) is 0 Å². The van der Waals surface area contributed by atoms with Crippen LogP contribution in [0.5, 0.6) is 0 Å². The van der Waals surface area contributed by atoms with E-state index in [1.54, 1.807) is 55.2 Å². The van der Waals surface area contributed by atoms with Gasteiger partial charge in [0, 0.05) is 12.4 Å². The van der Waals surface area contributed by atoms with Crippen LogP contribution in [0.2, 0.25) is 0 Å². The molecular weight excluding hydrogens is 256 g/mol. The van der Waals surface area contributed by atoms with E-state index in [9.17, 15) is 9.59 Å². The molecule has 104 valence electrons. The molecule has 0 aliphatic heterocycles. The first-order chi connectivity index (χ1) is 9.42. The number of para-hydroxylation sites is 1. The van der Waals surface area contributed by atoms with Crippen LogP contribution in [-0.2, 0) is 4.79 Å². The molecule has 0 spiro atoms. The van der Waals surface area contributed by atoms with Crippen molar-refractivity contribution in [2.24, 2.45) is 5.73 Å². The molecule has 0 unspecified atom stereocenters. The van der Waals surface area contributed by atoms with Crippen LogP contribution in [0.25, 0.3) is 5.69 Å². The van der Waals surface area contributed by atoms with Gasteiger partial charge in [-0.05, 0) is 32.0 Å². The number of carbonyl (C=O) groups is 2. The lowest BCUT2D eigenvalue weighted by Crippen LogP contribution is -2.53. The quantitative estimate of drug-likeness (QED) is 0.865. The zero-order chi connectivity index (χ0) is 14.8. The molecule has 1 aromatic heterocycles. The SMILES string of the molecule is CC(C)(NC(=O)c1ccccc1-n1cccn1)C(N)=O. The van der Waals surface area contributed by atoms with Gasteiger partial charge < -0.3 is 11.1 Å². The molecule has 2 amide bonds. The summed E-state index contributed by atoms with van der Waals surface area (Å²) in [5.74, 6) is -0.970. The van der Waals surface area contributed by atoms with Crippen LogP contribution < -0.4 is 11.1 Å². The molecule has 1 heterocycles. The number of nitrogens with one attached hydrogen (secondary N) is 1. The Bertz CT molecular complexity index is 632. The van der Waals surface area contributed by atoms with E-state index in [0.717, 1.165) is 0 Å². The van der Waals surface area contributed by atoms with Crippen molar-refractivity contribution in [3.8, 4) is 5.69 Å². The van der Waals surface area contributed by atoms with E-state index < -0.39 is 11.4 Å². The largest absolute Gasteiger partial charge is 0.368 e. The summed E-state index contributed by atoms with van der Waals surface area (Å²) in [6.45, 7) is 3.12. The maximum Gasteiger partial charge on any atom is 0.254 e. The minimum Gasteiger partial charge on any atom is -0.368 e. The van der Waals surface area contributed by atoms with Crippen molar-refractivity contribution in [1.82, 2.24) is 15.1 Å². The maximum atomic E-state index is 12.3. The van der Waals surface area contributed by atoms with Gasteiger partial charge in [0.2, 0.25) is 5.91 Å². The highest BCUT2D eigenvalue weighted by atomic mass is 16.2. The average molecular weight is 272 g/mol. The van der Waals surface area contributed by atoms with Crippen molar-refractivity contribution >= 4 is 11.8 Å². The number of benzene rings is 1. The van der Waals surface area contributed by atoms with Crippen molar-refractivity contribution in [3.05, 3.63) is 48.3 Å². The fourth-order valence-corrected chi connectivity index (χ4v) is 1.69. The summed E-state index contributed by atoms with van der Waals surface area (Å²) in [5.41, 5.74) is 5.20. The standard InChI is InChI=1S/C14H16N4O2/c1-14(2,13(15)20)17-12(19)10-6-3-4-7-11(10)18-9-5-8-16-18/h3-9H,1-2H3,(H2,15,20)(H,17,19). The second kappa shape index (κ2) is 5.16. The summed E-state index contributed by atoms with van der Waals surface area (Å²) in [6, 6.07) is 8.77. The van der Waals surface area contributed by atoms with E-state index in [-0.39, 0.29) is 5.91 Å². The molecular formula is C14H16N4O2. The van der Waals surface area contributed by atoms with Gasteiger partial charge in [-0.1, -0.05) is 12.1 Å². The number of primary amides is 1. The maximum absolute atomic E-state index is 12.3. The minimum atomic E-state index is -1.12. The number of nitrogens with two attached hydrogens (primary N) is 1. The molecule has 0 atom stereocenters. The number of nitrogens with zero attached hydrogens (tertiary/aromatic N) is 2. The molecule has 0 saturated carbocycles. The van der Waals surface area contributed by atoms with Crippen molar-refractivity contribution < 1.29 is 9.59 Å². The fourth-order valence-electron chi connectivity index (χ4n) is 1.69. The van der Waals surface area contributed by atoms with Crippen LogP contribution in [0.15, 0.2) is 42.7 Å². The number of carbonyl (C=O) groups excluding carboxylic acids is 2. The predicted molar refractivity (Wildman–Crippen MR) is 74.3 cm³/mol. The third-order valence-electron chi connectivity index (χ3n) is 2.94. The van der Waals surface area contributed by atoms with Gasteiger partial charge in [0.1, 0.15) is 5.54 Å². The highest BCUT2D eigenvalue weighted by Crippen LogP contribution is 2.14. The zero-order valence-electron chi connectivity index (χ0n) is 11.3. The smallest absolute Gasteiger partial charge is 0.254 e. The van der Waals surface area contributed by atoms with Gasteiger partial charge in [0.15, 0.2) is 0 Å². The van der Waals surface area contributed by atoms with Crippen molar-refractivity contribution in [2.45, 2.75) is 19.4 Å². The Kier molecular flexibility index (Phi) is 3.56. The molecule has 3 N–H and O–H groups in total. The second-order valence-electron chi connectivity index (χ2n) is 4.91. The van der Waals surface area contributed by atoms with Crippen LogP contribution in [0.3, 0.4) is 0 Å². The summed E-state index contributed by atoms with van der Waals surface area (Å²) in [6.07, 6.45) is 3.37. The Morgan fingerprint density at radius 1 is 1.25 bits per heavy atom. The topological polar surface area (TPSA) is 90.0 Å². The summed E-state index contributed by atoms with van der Waals surface area (Å²) in [7, 11) is 0. The molecule has 0 fully saturated rings. The molecule has 2 rings (SSSR count). The van der Waals surface area contributed by atoms with Crippen LogP contribution in [0, 0.1) is 0 Å². The lowest BCUT2D eigenvalue weighted by atomic mass is 10.0. The number of hydrogen-bond acceptors (Lipinski definition) is 3. The Balaban J connectivity index is 2.34. The fraction of sp³-hybridized carbons (Fsp3) is 0.214. The average Bonchev–Trinajstić information content (AvgIpc) is 2.91. The molecule has 2 aromatic rings. The minimum absolute atomic E-state index is 0.375. The van der Waals surface area contributed by atoms with Crippen molar-refractivity contribution in [2.75, 3.05) is 0 Å². The van der Waals surface area contributed by atoms with Gasteiger partial charge in [0.25, 0.3) is 5.91 Å². The Morgan fingerprint density at radius 2 is 1.95 bits per heavy atom. The molecule has 0 aliphatic rings. The normalized spacial score (nSPS) is 11.1. The lowest BCUT2D eigenvalue weighted by molar-refractivity contribution is -0.122. The molecule has 6 nitrogen and oxygen atoms in total. The molecule has 0 bridgehead atoms. The first-order valence-electron chi connectivity index (χ1n) is 6.13. The van der Waals surface area contributed by atoms with Crippen molar-refractivity contribution in [3.63, 3.8) is 0 Å². The summed E-state index contributed by atoms with van der Waals surface area (Å²) >= 11 is 0. The molecule has 0 radical (unpaired) electrons. The Hall–Kier alpha value is -2.63. The van der Waals surface area contributed by atoms with E-state index >= 15 is 0 Å². The third-order valence-corrected chi connectivity index (χ3v) is 2.94. The van der Waals surface area contributed by atoms with Crippen LogP contribution in [0.1, 0.15) is 24.2 Å². The van der Waals surface area contributed by atoms with Crippen LogP contribution in [0.4, 0.5) is 0 Å². The molecule has 0 aliphatic carbocycles. The monoisotopic (exact) mass is 272 g/mol. The van der Waals surface area contributed by atoms with Gasteiger partial charge >= 0.3 is 0 Å². The number of amides is 2. The molecule has 1 aromatic carbocycles. The third kappa shape index (κ3) is 2.69. The van der Waals surface area contributed by atoms with E-state index in [1.807, 2.05) is 6.07 Å². The summed E-state index contributed by atoms with van der Waals surface area (Å²) in [5, 5.41) is 6.73. The van der Waals surface area contributed by atoms with Gasteiger partial charge in [-0.25, -0.2) is 4.68 Å². The first-order valence-corrected chi connectivity index (χ1v) is 6.13. The molecule has 0 saturated heterocycles. The highest BCUT2D eigenvalue weighted by Gasteiger charge is 2.28. The lowest BCUT2D eigenvalue weighted by Gasteiger charge is -2.22. The van der Waals surface area contributed by atoms with Gasteiger partial charge in [-0.2, -0.15) is 5.10 Å². The van der Waals surface area contributed by atoms with Crippen LogP contribution >= 0.6 is 0 Å². The highest BCUT2D eigenvalue weighted by molar-refractivity contribution is 6.01. The van der Waals surface area contributed by atoms with Gasteiger partial charge in [-0.3, -0.25) is 9.59 Å². The number of hydrogen-bond donors (Lipinski definition) is 2. The second-order valence-corrected chi connectivity index (χ2v) is 4.91. The summed E-state index contributed by atoms with van der Waals surface area (Å²) < 4.78 is 1.59.